The highest BCUT2D eigenvalue weighted by Crippen LogP contribution is 2.44. The molecule has 1 N–H and O–H groups in total. The normalized spacial score (nSPS) is 15.2. The maximum absolute atomic E-state index is 13.9. The van der Waals surface area contributed by atoms with E-state index < -0.39 is 23.2 Å². The third kappa shape index (κ3) is 3.47. The molecule has 0 saturated carbocycles. The van der Waals surface area contributed by atoms with Gasteiger partial charge in [-0.3, -0.25) is 9.59 Å². The summed E-state index contributed by atoms with van der Waals surface area (Å²) in [6.07, 6.45) is 0. The Bertz CT molecular complexity index is 1470. The van der Waals surface area contributed by atoms with E-state index in [9.17, 15) is 19.1 Å². The van der Waals surface area contributed by atoms with Gasteiger partial charge in [-0.25, -0.2) is 4.39 Å². The number of carbonyl (C=O) groups excluding carboxylic acids is 1. The number of methoxy groups -OCH3 is 1. The van der Waals surface area contributed by atoms with Crippen LogP contribution < -0.4 is 10.2 Å². The Kier molecular flexibility index (Phi) is 5.17. The van der Waals surface area contributed by atoms with E-state index in [-0.39, 0.29) is 40.3 Å². The van der Waals surface area contributed by atoms with E-state index in [1.165, 1.54) is 24.1 Å². The largest absolute Gasteiger partial charge is 0.503 e. The summed E-state index contributed by atoms with van der Waals surface area (Å²) in [4.78, 5) is 28.5. The van der Waals surface area contributed by atoms with Gasteiger partial charge in [0.05, 0.1) is 28.6 Å². The molecule has 6 nitrogen and oxygen atoms in total. The summed E-state index contributed by atoms with van der Waals surface area (Å²) in [6.45, 7) is 0.208. The summed E-state index contributed by atoms with van der Waals surface area (Å²) in [5, 5.41) is 10.3. The number of phenols is 1. The van der Waals surface area contributed by atoms with Gasteiger partial charge in [-0.15, -0.1) is 0 Å². The first kappa shape index (κ1) is 21.2. The number of rotatable bonds is 4. The Balaban J connectivity index is 1.77. The van der Waals surface area contributed by atoms with Crippen molar-refractivity contribution < 1.29 is 23.4 Å². The molecule has 2 heterocycles. The summed E-state index contributed by atoms with van der Waals surface area (Å²) >= 11 is 3.31. The predicted octanol–water partition coefficient (Wildman–Crippen LogP) is 5.15. The fourth-order valence-electron chi connectivity index (χ4n) is 4.19. The van der Waals surface area contributed by atoms with Gasteiger partial charge in [0.2, 0.25) is 5.76 Å². The molecule has 5 rings (SSSR count). The van der Waals surface area contributed by atoms with Gasteiger partial charge < -0.3 is 19.2 Å². The third-order valence-electron chi connectivity index (χ3n) is 5.71. The van der Waals surface area contributed by atoms with Crippen molar-refractivity contribution in [3.63, 3.8) is 0 Å². The maximum Gasteiger partial charge on any atom is 0.291 e. The summed E-state index contributed by atoms with van der Waals surface area (Å²) in [5.41, 5.74) is 1.16. The van der Waals surface area contributed by atoms with Crippen LogP contribution in [0.25, 0.3) is 11.0 Å². The molecule has 1 aromatic heterocycles. The molecule has 1 aliphatic rings. The van der Waals surface area contributed by atoms with Crippen molar-refractivity contribution in [1.29, 1.82) is 0 Å². The van der Waals surface area contributed by atoms with E-state index in [1.807, 2.05) is 30.3 Å². The average molecular weight is 510 g/mol. The van der Waals surface area contributed by atoms with Gasteiger partial charge in [0.25, 0.3) is 5.91 Å². The molecule has 0 unspecified atom stereocenters. The van der Waals surface area contributed by atoms with Gasteiger partial charge in [-0.2, -0.15) is 0 Å². The SMILES string of the molecule is COc1cc([C@H]2c3c(oc4ccc(F)cc4c3=O)C(=O)N2Cc2ccccc2)cc(Br)c1O. The fourth-order valence-corrected chi connectivity index (χ4v) is 4.65. The maximum atomic E-state index is 13.9. The molecule has 4 aromatic rings. The zero-order chi connectivity index (χ0) is 23.3. The molecule has 3 aromatic carbocycles. The fraction of sp³-hybridized carbons (Fsp3) is 0.120. The van der Waals surface area contributed by atoms with Gasteiger partial charge in [-0.1, -0.05) is 30.3 Å². The molecular formula is C25H17BrFNO5. The van der Waals surface area contributed by atoms with Crippen molar-refractivity contribution in [2.45, 2.75) is 12.6 Å². The first-order valence-electron chi connectivity index (χ1n) is 10.1. The minimum Gasteiger partial charge on any atom is -0.503 e. The molecule has 0 aliphatic carbocycles. The Morgan fingerprint density at radius 2 is 1.88 bits per heavy atom. The molecule has 1 amide bonds. The number of nitrogens with zero attached hydrogens (tertiary/aromatic N) is 1. The average Bonchev–Trinajstić information content (AvgIpc) is 3.08. The number of fused-ring (bicyclic) bond motifs is 2. The van der Waals surface area contributed by atoms with Crippen LogP contribution in [0, 0.1) is 5.82 Å². The standard InChI is InChI=1S/C25H17BrFNO5/c1-32-19-10-14(9-17(26)23(19)30)21-20-22(29)16-11-15(27)7-8-18(16)33-24(20)25(31)28(21)12-13-5-3-2-4-6-13/h2-11,21,30H,12H2,1H3/t21-/m0/s1. The molecule has 1 atom stereocenters. The summed E-state index contributed by atoms with van der Waals surface area (Å²) < 4.78 is 25.4. The van der Waals surface area contributed by atoms with E-state index in [1.54, 1.807) is 12.1 Å². The Morgan fingerprint density at radius 1 is 1.12 bits per heavy atom. The molecule has 0 spiro atoms. The minimum atomic E-state index is -0.831. The lowest BCUT2D eigenvalue weighted by Crippen LogP contribution is -2.29. The van der Waals surface area contributed by atoms with E-state index in [2.05, 4.69) is 15.9 Å². The molecule has 0 fully saturated rings. The Morgan fingerprint density at radius 3 is 2.61 bits per heavy atom. The van der Waals surface area contributed by atoms with Gasteiger partial charge in [-0.05, 0) is 57.4 Å². The van der Waals surface area contributed by atoms with E-state index in [0.29, 0.717) is 10.0 Å². The minimum absolute atomic E-state index is 0.0536. The van der Waals surface area contributed by atoms with Crippen molar-refractivity contribution in [1.82, 2.24) is 4.90 Å². The van der Waals surface area contributed by atoms with Crippen LogP contribution in [-0.2, 0) is 6.54 Å². The van der Waals surface area contributed by atoms with Gasteiger partial charge in [0.1, 0.15) is 11.4 Å². The number of amides is 1. The number of carbonyl (C=O) groups is 1. The third-order valence-corrected chi connectivity index (χ3v) is 6.31. The highest BCUT2D eigenvalue weighted by atomic mass is 79.9. The second-order valence-electron chi connectivity index (χ2n) is 7.69. The van der Waals surface area contributed by atoms with Crippen LogP contribution in [0.5, 0.6) is 11.5 Å². The summed E-state index contributed by atoms with van der Waals surface area (Å²) in [6, 6.07) is 15.3. The molecule has 8 heteroatoms. The molecular weight excluding hydrogens is 493 g/mol. The number of aromatic hydroxyl groups is 1. The highest BCUT2D eigenvalue weighted by Gasteiger charge is 2.43. The van der Waals surface area contributed by atoms with Gasteiger partial charge in [0.15, 0.2) is 16.9 Å². The zero-order valence-electron chi connectivity index (χ0n) is 17.3. The van der Waals surface area contributed by atoms with Crippen molar-refractivity contribution in [2.24, 2.45) is 0 Å². The van der Waals surface area contributed by atoms with Crippen LogP contribution in [0.4, 0.5) is 4.39 Å². The number of halogens is 2. The second-order valence-corrected chi connectivity index (χ2v) is 8.54. The Hall–Kier alpha value is -3.65. The zero-order valence-corrected chi connectivity index (χ0v) is 18.9. The van der Waals surface area contributed by atoms with Crippen LogP contribution in [-0.4, -0.2) is 23.0 Å². The molecule has 166 valence electrons. The topological polar surface area (TPSA) is 80.0 Å². The van der Waals surface area contributed by atoms with E-state index in [0.717, 1.165) is 11.6 Å². The second kappa shape index (κ2) is 8.04. The van der Waals surface area contributed by atoms with Crippen LogP contribution in [0.3, 0.4) is 0 Å². The lowest BCUT2D eigenvalue weighted by Gasteiger charge is -2.26. The van der Waals surface area contributed by atoms with E-state index in [4.69, 9.17) is 9.15 Å². The number of ether oxygens (including phenoxy) is 1. The lowest BCUT2D eigenvalue weighted by atomic mass is 9.97. The number of benzene rings is 3. The summed E-state index contributed by atoms with van der Waals surface area (Å²) in [7, 11) is 1.41. The van der Waals surface area contributed by atoms with Crippen molar-refractivity contribution in [2.75, 3.05) is 7.11 Å². The van der Waals surface area contributed by atoms with Gasteiger partial charge in [0, 0.05) is 6.54 Å². The Labute approximate surface area is 196 Å². The van der Waals surface area contributed by atoms with Crippen molar-refractivity contribution in [3.05, 3.63) is 104 Å². The number of hydrogen-bond acceptors (Lipinski definition) is 5. The predicted molar refractivity (Wildman–Crippen MR) is 123 cm³/mol. The quantitative estimate of drug-likeness (QED) is 0.411. The van der Waals surface area contributed by atoms with E-state index >= 15 is 0 Å². The number of phenolic OH excluding ortho intramolecular Hbond substituents is 1. The first-order chi connectivity index (χ1) is 15.9. The molecule has 0 bridgehead atoms. The molecule has 1 aliphatic heterocycles. The monoisotopic (exact) mass is 509 g/mol. The van der Waals surface area contributed by atoms with Crippen LogP contribution in [0.15, 0.2) is 74.3 Å². The summed E-state index contributed by atoms with van der Waals surface area (Å²) in [5.74, 6) is -1.04. The van der Waals surface area contributed by atoms with Crippen molar-refractivity contribution in [3.8, 4) is 11.5 Å². The van der Waals surface area contributed by atoms with Crippen LogP contribution in [0.1, 0.15) is 33.3 Å². The lowest BCUT2D eigenvalue weighted by molar-refractivity contribution is 0.0714. The molecule has 33 heavy (non-hydrogen) atoms. The highest BCUT2D eigenvalue weighted by molar-refractivity contribution is 9.10. The van der Waals surface area contributed by atoms with Crippen LogP contribution >= 0.6 is 15.9 Å². The van der Waals surface area contributed by atoms with Crippen molar-refractivity contribution >= 4 is 32.8 Å². The first-order valence-corrected chi connectivity index (χ1v) is 10.9. The van der Waals surface area contributed by atoms with Crippen LogP contribution in [0.2, 0.25) is 0 Å². The molecule has 0 radical (unpaired) electrons. The smallest absolute Gasteiger partial charge is 0.291 e. The number of hydrogen-bond donors (Lipinski definition) is 1. The molecule has 0 saturated heterocycles. The van der Waals surface area contributed by atoms with Gasteiger partial charge >= 0.3 is 0 Å².